The number of hydrogen-bond acceptors (Lipinski definition) is 5. The number of phenols is 1. The lowest BCUT2D eigenvalue weighted by Crippen LogP contribution is -1.93. The first-order chi connectivity index (χ1) is 8.69. The fraction of sp³-hybridized carbons (Fsp3) is 0. The van der Waals surface area contributed by atoms with Crippen LogP contribution in [0.4, 0.5) is 0 Å². The van der Waals surface area contributed by atoms with Gasteiger partial charge in [0.05, 0.1) is 18.1 Å². The molecule has 1 heterocycles. The minimum Gasteiger partial charge on any atom is -0.508 e. The van der Waals surface area contributed by atoms with Crippen molar-refractivity contribution in [3.05, 3.63) is 36.7 Å². The largest absolute Gasteiger partial charge is 0.508 e. The summed E-state index contributed by atoms with van der Waals surface area (Å²) in [6.45, 7) is -0.500. The maximum Gasteiger partial charge on any atom is 0.290 e. The minimum atomic E-state index is -0.250. The van der Waals surface area contributed by atoms with E-state index in [0.29, 0.717) is 0 Å². The van der Waals surface area contributed by atoms with Gasteiger partial charge in [0.25, 0.3) is 12.9 Å². The van der Waals surface area contributed by atoms with Crippen molar-refractivity contribution in [2.45, 2.75) is 0 Å². The highest BCUT2D eigenvalue weighted by Crippen LogP contribution is 2.13. The normalized spacial score (nSPS) is 8.00. The number of rotatable bonds is 1. The lowest BCUT2D eigenvalue weighted by molar-refractivity contribution is -0.123. The summed E-state index contributed by atoms with van der Waals surface area (Å²) in [6, 6.07) is 6.83. The monoisotopic (exact) mass is 253 g/mol. The van der Waals surface area contributed by atoms with Crippen LogP contribution in [0.5, 0.6) is 5.75 Å². The minimum absolute atomic E-state index is 0.225. The van der Waals surface area contributed by atoms with Gasteiger partial charge in [0.2, 0.25) is 0 Å². The first-order valence-corrected chi connectivity index (χ1v) is 4.51. The predicted octanol–water partition coefficient (Wildman–Crippen LogP) is 0.374. The third-order valence-electron chi connectivity index (χ3n) is 1.52. The van der Waals surface area contributed by atoms with Crippen LogP contribution in [0.3, 0.4) is 0 Å². The molecule has 18 heavy (non-hydrogen) atoms. The number of nitrogens with zero attached hydrogens (tertiary/aromatic N) is 3. The molecule has 0 radical (unpaired) electrons. The molecular formula is C10H11N3O5. The number of carbonyl (C=O) groups is 2. The molecule has 96 valence electrons. The molecule has 1 aromatic heterocycles. The predicted molar refractivity (Wildman–Crippen MR) is 60.4 cm³/mol. The van der Waals surface area contributed by atoms with E-state index in [1.807, 2.05) is 6.07 Å². The van der Waals surface area contributed by atoms with Gasteiger partial charge >= 0.3 is 0 Å². The van der Waals surface area contributed by atoms with E-state index in [0.717, 1.165) is 5.69 Å². The fourth-order valence-electron chi connectivity index (χ4n) is 0.981. The Morgan fingerprint density at radius 3 is 2.22 bits per heavy atom. The smallest absolute Gasteiger partial charge is 0.290 e. The molecule has 0 amide bonds. The molecule has 2 aromatic rings. The summed E-state index contributed by atoms with van der Waals surface area (Å²) in [5.74, 6) is 0.225. The average Bonchev–Trinajstić information content (AvgIpc) is 2.84. The standard InChI is InChI=1S/C8H7N3O.2CH2O2/c12-8-3-1-2-7(6-8)11-5-4-9-10-11;2*2-1-3/h1-6,12H;2*1H,(H,2,3). The van der Waals surface area contributed by atoms with Crippen molar-refractivity contribution in [3.63, 3.8) is 0 Å². The summed E-state index contributed by atoms with van der Waals surface area (Å²) in [5, 5.41) is 30.4. The Morgan fingerprint density at radius 2 is 1.78 bits per heavy atom. The van der Waals surface area contributed by atoms with Crippen LogP contribution in [0.25, 0.3) is 5.69 Å². The summed E-state index contributed by atoms with van der Waals surface area (Å²) in [5.41, 5.74) is 0.799. The van der Waals surface area contributed by atoms with Crippen LogP contribution in [0.1, 0.15) is 0 Å². The van der Waals surface area contributed by atoms with Gasteiger partial charge in [-0.15, -0.1) is 5.10 Å². The number of aromatic hydroxyl groups is 1. The highest BCUT2D eigenvalue weighted by Gasteiger charge is 1.96. The Labute approximate surface area is 102 Å². The molecule has 0 aliphatic carbocycles. The number of aromatic nitrogens is 3. The van der Waals surface area contributed by atoms with E-state index in [4.69, 9.17) is 24.9 Å². The lowest BCUT2D eigenvalue weighted by Gasteiger charge is -1.98. The van der Waals surface area contributed by atoms with E-state index < -0.39 is 0 Å². The number of benzene rings is 1. The Balaban J connectivity index is 0.000000414. The molecule has 0 spiro atoms. The second-order valence-electron chi connectivity index (χ2n) is 2.58. The van der Waals surface area contributed by atoms with Crippen LogP contribution >= 0.6 is 0 Å². The van der Waals surface area contributed by atoms with Crippen LogP contribution in [0.15, 0.2) is 36.7 Å². The third kappa shape index (κ3) is 5.85. The second kappa shape index (κ2) is 9.33. The molecule has 0 aliphatic rings. The maximum absolute atomic E-state index is 9.15. The molecule has 0 saturated heterocycles. The summed E-state index contributed by atoms with van der Waals surface area (Å²) in [4.78, 5) is 16.7. The van der Waals surface area contributed by atoms with E-state index >= 15 is 0 Å². The molecule has 2 rings (SSSR count). The van der Waals surface area contributed by atoms with Gasteiger partial charge in [-0.1, -0.05) is 11.3 Å². The summed E-state index contributed by atoms with van der Waals surface area (Å²) >= 11 is 0. The number of phenolic OH excluding ortho intramolecular Hbond substituents is 1. The Bertz CT molecular complexity index is 452. The maximum atomic E-state index is 9.15. The third-order valence-corrected chi connectivity index (χ3v) is 1.52. The summed E-state index contributed by atoms with van der Waals surface area (Å²) < 4.78 is 1.58. The van der Waals surface area contributed by atoms with E-state index in [-0.39, 0.29) is 18.7 Å². The van der Waals surface area contributed by atoms with Gasteiger partial charge < -0.3 is 15.3 Å². The lowest BCUT2D eigenvalue weighted by atomic mass is 10.3. The molecule has 0 unspecified atom stereocenters. The van der Waals surface area contributed by atoms with Crippen LogP contribution in [0, 0.1) is 0 Å². The first kappa shape index (κ1) is 15.1. The first-order valence-electron chi connectivity index (χ1n) is 4.51. The zero-order valence-corrected chi connectivity index (χ0v) is 9.12. The van der Waals surface area contributed by atoms with Gasteiger partial charge in [-0.3, -0.25) is 9.59 Å². The fourth-order valence-corrected chi connectivity index (χ4v) is 0.981. The van der Waals surface area contributed by atoms with E-state index in [2.05, 4.69) is 10.3 Å². The molecule has 0 atom stereocenters. The van der Waals surface area contributed by atoms with E-state index in [1.54, 1.807) is 35.3 Å². The SMILES string of the molecule is O=CO.O=CO.Oc1cccc(-n2ccnn2)c1. The van der Waals surface area contributed by atoms with Crippen LogP contribution in [-0.2, 0) is 9.59 Å². The zero-order chi connectivity index (χ0) is 13.8. The van der Waals surface area contributed by atoms with Crippen LogP contribution in [0.2, 0.25) is 0 Å². The number of carboxylic acid groups (broad SMARTS) is 2. The van der Waals surface area contributed by atoms with Crippen molar-refractivity contribution < 1.29 is 24.9 Å². The van der Waals surface area contributed by atoms with Crippen molar-refractivity contribution in [3.8, 4) is 11.4 Å². The second-order valence-corrected chi connectivity index (χ2v) is 2.58. The number of hydrogen-bond donors (Lipinski definition) is 3. The van der Waals surface area contributed by atoms with Gasteiger partial charge in [0.1, 0.15) is 5.75 Å². The van der Waals surface area contributed by atoms with E-state index in [9.17, 15) is 0 Å². The van der Waals surface area contributed by atoms with Gasteiger partial charge in [0.15, 0.2) is 0 Å². The van der Waals surface area contributed by atoms with E-state index in [1.165, 1.54) is 0 Å². The molecular weight excluding hydrogens is 242 g/mol. The zero-order valence-electron chi connectivity index (χ0n) is 9.12. The molecule has 0 fully saturated rings. The summed E-state index contributed by atoms with van der Waals surface area (Å²) in [6.07, 6.45) is 3.30. The van der Waals surface area contributed by atoms with Gasteiger partial charge in [-0.25, -0.2) is 4.68 Å². The van der Waals surface area contributed by atoms with Gasteiger partial charge in [-0.2, -0.15) is 0 Å². The van der Waals surface area contributed by atoms with Crippen molar-refractivity contribution in [1.82, 2.24) is 15.0 Å². The van der Waals surface area contributed by atoms with Crippen molar-refractivity contribution in [1.29, 1.82) is 0 Å². The average molecular weight is 253 g/mol. The molecule has 8 heteroatoms. The highest BCUT2D eigenvalue weighted by molar-refractivity contribution is 5.37. The Morgan fingerprint density at radius 1 is 1.17 bits per heavy atom. The summed E-state index contributed by atoms with van der Waals surface area (Å²) in [7, 11) is 0. The van der Waals surface area contributed by atoms with Crippen LogP contribution in [-0.4, -0.2) is 43.3 Å². The Kier molecular flexibility index (Phi) is 7.83. The molecule has 1 aromatic carbocycles. The molecule has 8 nitrogen and oxygen atoms in total. The van der Waals surface area contributed by atoms with Gasteiger partial charge in [0, 0.05) is 6.07 Å². The van der Waals surface area contributed by atoms with Crippen molar-refractivity contribution in [2.75, 3.05) is 0 Å². The Hall–Kier alpha value is -2.90. The molecule has 0 aliphatic heterocycles. The van der Waals surface area contributed by atoms with Gasteiger partial charge in [-0.05, 0) is 12.1 Å². The van der Waals surface area contributed by atoms with Crippen molar-refractivity contribution in [2.24, 2.45) is 0 Å². The molecule has 3 N–H and O–H groups in total. The topological polar surface area (TPSA) is 126 Å². The molecule has 0 saturated carbocycles. The van der Waals surface area contributed by atoms with Crippen LogP contribution < -0.4 is 0 Å². The van der Waals surface area contributed by atoms with Crippen molar-refractivity contribution >= 4 is 12.9 Å². The molecule has 0 bridgehead atoms. The highest BCUT2D eigenvalue weighted by atomic mass is 16.3. The quantitative estimate of drug-likeness (QED) is 0.627.